The van der Waals surface area contributed by atoms with E-state index in [4.69, 9.17) is 0 Å². The Kier molecular flexibility index (Phi) is 4.55. The fourth-order valence-electron chi connectivity index (χ4n) is 2.40. The molecule has 6 heteroatoms. The van der Waals surface area contributed by atoms with Gasteiger partial charge in [0.05, 0.1) is 0 Å². The zero-order valence-corrected chi connectivity index (χ0v) is 13.1. The summed E-state index contributed by atoms with van der Waals surface area (Å²) in [6.07, 6.45) is 5.01. The number of hydrogen-bond acceptors (Lipinski definition) is 3. The number of nitrogens with one attached hydrogen (secondary N) is 2. The van der Waals surface area contributed by atoms with Gasteiger partial charge in [-0.2, -0.15) is 17.4 Å². The molecule has 112 valence electrons. The molecule has 1 saturated heterocycles. The molecular formula is C13H27N3O2S. The summed E-state index contributed by atoms with van der Waals surface area (Å²) < 4.78 is 29.2. The first-order valence-electron chi connectivity index (χ1n) is 7.32. The molecule has 0 bridgehead atoms. The molecule has 0 aromatic carbocycles. The van der Waals surface area contributed by atoms with E-state index in [0.29, 0.717) is 6.54 Å². The van der Waals surface area contributed by atoms with Crippen LogP contribution in [0, 0.1) is 0 Å². The predicted molar refractivity (Wildman–Crippen MR) is 77.2 cm³/mol. The van der Waals surface area contributed by atoms with Gasteiger partial charge in [0.1, 0.15) is 0 Å². The van der Waals surface area contributed by atoms with E-state index in [1.807, 2.05) is 0 Å². The SMILES string of the molecule is CC(C)(C)NCC1CCCCN1S(=O)(=O)NC1CC1. The summed E-state index contributed by atoms with van der Waals surface area (Å²) >= 11 is 0. The van der Waals surface area contributed by atoms with Gasteiger partial charge in [-0.1, -0.05) is 6.42 Å². The first-order chi connectivity index (χ1) is 8.78. The molecule has 2 rings (SSSR count). The monoisotopic (exact) mass is 289 g/mol. The maximum Gasteiger partial charge on any atom is 0.279 e. The number of nitrogens with zero attached hydrogens (tertiary/aromatic N) is 1. The standard InChI is InChI=1S/C13H27N3O2S/c1-13(2,3)14-10-12-6-4-5-9-16(12)19(17,18)15-11-7-8-11/h11-12,14-15H,4-10H2,1-3H3. The average molecular weight is 289 g/mol. The van der Waals surface area contributed by atoms with Crippen molar-refractivity contribution >= 4 is 10.2 Å². The summed E-state index contributed by atoms with van der Waals surface area (Å²) in [5.41, 5.74) is 0.0246. The van der Waals surface area contributed by atoms with E-state index >= 15 is 0 Å². The lowest BCUT2D eigenvalue weighted by atomic mass is 10.0. The van der Waals surface area contributed by atoms with Crippen molar-refractivity contribution in [1.29, 1.82) is 0 Å². The van der Waals surface area contributed by atoms with Crippen molar-refractivity contribution in [3.8, 4) is 0 Å². The van der Waals surface area contributed by atoms with Crippen LogP contribution in [0.5, 0.6) is 0 Å². The Morgan fingerprint density at radius 3 is 2.42 bits per heavy atom. The zero-order valence-electron chi connectivity index (χ0n) is 12.3. The molecule has 1 saturated carbocycles. The Morgan fingerprint density at radius 2 is 1.84 bits per heavy atom. The van der Waals surface area contributed by atoms with Crippen molar-refractivity contribution in [3.63, 3.8) is 0 Å². The van der Waals surface area contributed by atoms with Gasteiger partial charge in [-0.3, -0.25) is 0 Å². The van der Waals surface area contributed by atoms with Crippen LogP contribution in [0.1, 0.15) is 52.9 Å². The van der Waals surface area contributed by atoms with E-state index in [1.54, 1.807) is 4.31 Å². The lowest BCUT2D eigenvalue weighted by molar-refractivity contribution is 0.228. The molecule has 1 heterocycles. The molecule has 2 aliphatic rings. The highest BCUT2D eigenvalue weighted by molar-refractivity contribution is 7.87. The minimum Gasteiger partial charge on any atom is -0.310 e. The summed E-state index contributed by atoms with van der Waals surface area (Å²) in [6, 6.07) is 0.271. The average Bonchev–Trinajstić information content (AvgIpc) is 3.09. The van der Waals surface area contributed by atoms with E-state index < -0.39 is 10.2 Å². The van der Waals surface area contributed by atoms with Crippen molar-refractivity contribution in [3.05, 3.63) is 0 Å². The molecule has 5 nitrogen and oxygen atoms in total. The van der Waals surface area contributed by atoms with E-state index in [-0.39, 0.29) is 17.6 Å². The highest BCUT2D eigenvalue weighted by Crippen LogP contribution is 2.24. The second kappa shape index (κ2) is 5.68. The van der Waals surface area contributed by atoms with Crippen LogP contribution in [0.15, 0.2) is 0 Å². The van der Waals surface area contributed by atoms with Crippen LogP contribution in [0.3, 0.4) is 0 Å². The van der Waals surface area contributed by atoms with Gasteiger partial charge in [0.25, 0.3) is 10.2 Å². The van der Waals surface area contributed by atoms with Gasteiger partial charge < -0.3 is 5.32 Å². The zero-order chi connectivity index (χ0) is 14.1. The van der Waals surface area contributed by atoms with Crippen molar-refractivity contribution in [2.24, 2.45) is 0 Å². The third-order valence-corrected chi connectivity index (χ3v) is 5.37. The largest absolute Gasteiger partial charge is 0.310 e. The molecule has 0 radical (unpaired) electrons. The van der Waals surface area contributed by atoms with Crippen LogP contribution in [0.4, 0.5) is 0 Å². The second-order valence-electron chi connectivity index (χ2n) is 6.79. The van der Waals surface area contributed by atoms with E-state index in [2.05, 4.69) is 30.8 Å². The Hall–Kier alpha value is -0.170. The second-order valence-corrected chi connectivity index (χ2v) is 8.44. The first kappa shape index (κ1) is 15.2. The summed E-state index contributed by atoms with van der Waals surface area (Å²) in [5.74, 6) is 0. The highest BCUT2D eigenvalue weighted by atomic mass is 32.2. The number of rotatable bonds is 5. The molecule has 2 N–H and O–H groups in total. The Balaban J connectivity index is 1.98. The van der Waals surface area contributed by atoms with Gasteiger partial charge in [0.2, 0.25) is 0 Å². The van der Waals surface area contributed by atoms with Crippen molar-refractivity contribution in [2.45, 2.75) is 70.5 Å². The highest BCUT2D eigenvalue weighted by Gasteiger charge is 2.36. The Bertz CT molecular complexity index is 399. The van der Waals surface area contributed by atoms with Crippen molar-refractivity contribution in [1.82, 2.24) is 14.3 Å². The molecule has 0 spiro atoms. The first-order valence-corrected chi connectivity index (χ1v) is 8.76. The van der Waals surface area contributed by atoms with Crippen LogP contribution < -0.4 is 10.0 Å². The number of hydrogen-bond donors (Lipinski definition) is 2. The summed E-state index contributed by atoms with van der Waals surface area (Å²) in [4.78, 5) is 0. The third kappa shape index (κ3) is 4.70. The van der Waals surface area contributed by atoms with E-state index in [0.717, 1.165) is 38.6 Å². The fraction of sp³-hybridized carbons (Fsp3) is 1.00. The van der Waals surface area contributed by atoms with Gasteiger partial charge in [-0.25, -0.2) is 0 Å². The summed E-state index contributed by atoms with van der Waals surface area (Å²) in [5, 5.41) is 3.43. The minimum atomic E-state index is -3.29. The Morgan fingerprint density at radius 1 is 1.16 bits per heavy atom. The van der Waals surface area contributed by atoms with Crippen LogP contribution >= 0.6 is 0 Å². The van der Waals surface area contributed by atoms with Crippen LogP contribution in [-0.4, -0.2) is 43.4 Å². The van der Waals surface area contributed by atoms with Crippen molar-refractivity contribution in [2.75, 3.05) is 13.1 Å². The molecule has 0 aromatic rings. The maximum absolute atomic E-state index is 12.4. The lowest BCUT2D eigenvalue weighted by Gasteiger charge is -2.36. The van der Waals surface area contributed by atoms with Gasteiger partial charge in [-0.15, -0.1) is 0 Å². The molecule has 0 amide bonds. The molecular weight excluding hydrogens is 262 g/mol. The smallest absolute Gasteiger partial charge is 0.279 e. The summed E-state index contributed by atoms with van der Waals surface area (Å²) in [7, 11) is -3.29. The van der Waals surface area contributed by atoms with Crippen LogP contribution in [0.2, 0.25) is 0 Å². The van der Waals surface area contributed by atoms with Crippen LogP contribution in [-0.2, 0) is 10.2 Å². The lowest BCUT2D eigenvalue weighted by Crippen LogP contribution is -2.54. The van der Waals surface area contributed by atoms with Gasteiger partial charge >= 0.3 is 0 Å². The fourth-order valence-corrected chi connectivity index (χ4v) is 4.13. The molecule has 1 unspecified atom stereocenters. The van der Waals surface area contributed by atoms with Gasteiger partial charge in [0, 0.05) is 30.7 Å². The molecule has 2 fully saturated rings. The molecule has 19 heavy (non-hydrogen) atoms. The topological polar surface area (TPSA) is 61.4 Å². The van der Waals surface area contributed by atoms with Gasteiger partial charge in [0.15, 0.2) is 0 Å². The molecule has 0 aromatic heterocycles. The molecule has 1 atom stereocenters. The quantitative estimate of drug-likeness (QED) is 0.800. The normalized spacial score (nSPS) is 26.6. The summed E-state index contributed by atoms with van der Waals surface area (Å²) in [6.45, 7) is 7.71. The third-order valence-electron chi connectivity index (χ3n) is 3.64. The van der Waals surface area contributed by atoms with Crippen molar-refractivity contribution < 1.29 is 8.42 Å². The van der Waals surface area contributed by atoms with Crippen LogP contribution in [0.25, 0.3) is 0 Å². The molecule has 1 aliphatic carbocycles. The van der Waals surface area contributed by atoms with Gasteiger partial charge in [-0.05, 0) is 46.5 Å². The predicted octanol–water partition coefficient (Wildman–Crippen LogP) is 1.23. The van der Waals surface area contributed by atoms with E-state index in [9.17, 15) is 8.42 Å². The van der Waals surface area contributed by atoms with E-state index in [1.165, 1.54) is 0 Å². The Labute approximate surface area is 117 Å². The molecule has 1 aliphatic heterocycles. The minimum absolute atomic E-state index is 0.0246. The maximum atomic E-state index is 12.4. The number of piperidine rings is 1.